The Bertz CT molecular complexity index is 536. The first-order valence-corrected chi connectivity index (χ1v) is 7.99. The minimum Gasteiger partial charge on any atom is -0.383 e. The fourth-order valence-electron chi connectivity index (χ4n) is 3.10. The van der Waals surface area contributed by atoms with Gasteiger partial charge in [-0.25, -0.2) is 0 Å². The summed E-state index contributed by atoms with van der Waals surface area (Å²) in [5, 5.41) is 6.73. The molecule has 2 N–H and O–H groups in total. The van der Waals surface area contributed by atoms with E-state index in [1.54, 1.807) is 11.3 Å². The van der Waals surface area contributed by atoms with Gasteiger partial charge in [-0.15, -0.1) is 11.3 Å². The number of anilines is 1. The Labute approximate surface area is 118 Å². The Kier molecular flexibility index (Phi) is 3.60. The molecule has 0 aromatic carbocycles. The first-order chi connectivity index (χ1) is 9.25. The first-order valence-electron chi connectivity index (χ1n) is 7.11. The molecule has 1 saturated carbocycles. The summed E-state index contributed by atoms with van der Waals surface area (Å²) in [5.41, 5.74) is 8.52. The van der Waals surface area contributed by atoms with Crippen molar-refractivity contribution in [3.8, 4) is 10.4 Å². The molecule has 3 nitrogen and oxygen atoms in total. The van der Waals surface area contributed by atoms with Crippen LogP contribution in [0.25, 0.3) is 10.4 Å². The Morgan fingerprint density at radius 1 is 1.42 bits per heavy atom. The van der Waals surface area contributed by atoms with Crippen molar-refractivity contribution >= 4 is 17.2 Å². The van der Waals surface area contributed by atoms with Crippen LogP contribution in [0.5, 0.6) is 0 Å². The molecule has 0 saturated heterocycles. The van der Waals surface area contributed by atoms with Gasteiger partial charge in [0.05, 0.1) is 11.3 Å². The second-order valence-electron chi connectivity index (χ2n) is 5.50. The Balaban J connectivity index is 1.82. The lowest BCUT2D eigenvalue weighted by molar-refractivity contribution is 0.499. The number of rotatable bonds is 4. The van der Waals surface area contributed by atoms with Crippen LogP contribution in [-0.2, 0) is 13.5 Å². The largest absolute Gasteiger partial charge is 0.383 e. The molecule has 3 rings (SSSR count). The SMILES string of the molecule is Cn1nc(CCC2CCCC2)c(-c2cccs2)c1N. The molecule has 1 aliphatic carbocycles. The van der Waals surface area contributed by atoms with Crippen LogP contribution in [0.2, 0.25) is 0 Å². The normalized spacial score (nSPS) is 16.3. The van der Waals surface area contributed by atoms with Crippen LogP contribution in [-0.4, -0.2) is 9.78 Å². The van der Waals surface area contributed by atoms with Gasteiger partial charge in [-0.2, -0.15) is 5.10 Å². The zero-order chi connectivity index (χ0) is 13.2. The lowest BCUT2D eigenvalue weighted by Gasteiger charge is -2.07. The standard InChI is InChI=1S/C15H21N3S/c1-18-15(16)14(13-7-4-10-19-13)12(17-18)9-8-11-5-2-3-6-11/h4,7,10-11H,2-3,5-6,8-9,16H2,1H3. The summed E-state index contributed by atoms with van der Waals surface area (Å²) in [6, 6.07) is 4.21. The third kappa shape index (κ3) is 2.54. The number of nitrogens with zero attached hydrogens (tertiary/aromatic N) is 2. The van der Waals surface area contributed by atoms with Crippen molar-refractivity contribution in [2.45, 2.75) is 38.5 Å². The summed E-state index contributed by atoms with van der Waals surface area (Å²) in [5.74, 6) is 1.70. The zero-order valence-electron chi connectivity index (χ0n) is 11.4. The lowest BCUT2D eigenvalue weighted by Crippen LogP contribution is -1.99. The van der Waals surface area contributed by atoms with Crippen molar-refractivity contribution in [3.05, 3.63) is 23.2 Å². The highest BCUT2D eigenvalue weighted by molar-refractivity contribution is 7.13. The molecule has 0 aliphatic heterocycles. The summed E-state index contributed by atoms with van der Waals surface area (Å²) >= 11 is 1.74. The van der Waals surface area contributed by atoms with E-state index in [4.69, 9.17) is 5.73 Å². The van der Waals surface area contributed by atoms with Gasteiger partial charge >= 0.3 is 0 Å². The summed E-state index contributed by atoms with van der Waals surface area (Å²) in [4.78, 5) is 1.24. The highest BCUT2D eigenvalue weighted by Crippen LogP contribution is 2.35. The Morgan fingerprint density at radius 2 is 2.21 bits per heavy atom. The van der Waals surface area contributed by atoms with Crippen LogP contribution in [0.15, 0.2) is 17.5 Å². The van der Waals surface area contributed by atoms with E-state index in [1.807, 2.05) is 11.7 Å². The molecule has 0 atom stereocenters. The van der Waals surface area contributed by atoms with Crippen molar-refractivity contribution in [1.29, 1.82) is 0 Å². The number of nitrogen functional groups attached to an aromatic ring is 1. The maximum Gasteiger partial charge on any atom is 0.130 e. The second kappa shape index (κ2) is 5.37. The second-order valence-corrected chi connectivity index (χ2v) is 6.44. The molecule has 0 amide bonds. The van der Waals surface area contributed by atoms with E-state index in [0.29, 0.717) is 0 Å². The monoisotopic (exact) mass is 275 g/mol. The Hall–Kier alpha value is -1.29. The van der Waals surface area contributed by atoms with Crippen LogP contribution >= 0.6 is 11.3 Å². The molecule has 0 unspecified atom stereocenters. The molecule has 2 aromatic rings. The number of aryl methyl sites for hydroxylation is 2. The minimum absolute atomic E-state index is 0.795. The van der Waals surface area contributed by atoms with Gasteiger partial charge in [0.15, 0.2) is 0 Å². The van der Waals surface area contributed by atoms with Gasteiger partial charge in [0.1, 0.15) is 5.82 Å². The van der Waals surface area contributed by atoms with Gasteiger partial charge in [-0.3, -0.25) is 4.68 Å². The molecular formula is C15H21N3S. The van der Waals surface area contributed by atoms with Gasteiger partial charge in [0, 0.05) is 11.9 Å². The van der Waals surface area contributed by atoms with Crippen molar-refractivity contribution in [2.75, 3.05) is 5.73 Å². The maximum absolute atomic E-state index is 6.19. The highest BCUT2D eigenvalue weighted by atomic mass is 32.1. The van der Waals surface area contributed by atoms with E-state index in [2.05, 4.69) is 22.6 Å². The maximum atomic E-state index is 6.19. The van der Waals surface area contributed by atoms with E-state index in [0.717, 1.165) is 23.7 Å². The van der Waals surface area contributed by atoms with E-state index in [9.17, 15) is 0 Å². The smallest absolute Gasteiger partial charge is 0.130 e. The fourth-order valence-corrected chi connectivity index (χ4v) is 3.90. The number of aromatic nitrogens is 2. The van der Waals surface area contributed by atoms with Gasteiger partial charge in [-0.05, 0) is 30.2 Å². The minimum atomic E-state index is 0.795. The summed E-state index contributed by atoms with van der Waals surface area (Å²) in [6.07, 6.45) is 7.94. The van der Waals surface area contributed by atoms with Gasteiger partial charge in [0.2, 0.25) is 0 Å². The predicted molar refractivity (Wildman–Crippen MR) is 81.2 cm³/mol. The van der Waals surface area contributed by atoms with Crippen LogP contribution in [0.1, 0.15) is 37.8 Å². The van der Waals surface area contributed by atoms with E-state index >= 15 is 0 Å². The van der Waals surface area contributed by atoms with E-state index in [1.165, 1.54) is 42.7 Å². The fraction of sp³-hybridized carbons (Fsp3) is 0.533. The van der Waals surface area contributed by atoms with E-state index < -0.39 is 0 Å². The molecule has 0 radical (unpaired) electrons. The van der Waals surface area contributed by atoms with Crippen molar-refractivity contribution < 1.29 is 0 Å². The molecule has 2 heterocycles. The first kappa shape index (κ1) is 12.7. The number of nitrogens with two attached hydrogens (primary N) is 1. The van der Waals surface area contributed by atoms with Crippen LogP contribution in [0, 0.1) is 5.92 Å². The zero-order valence-corrected chi connectivity index (χ0v) is 12.2. The predicted octanol–water partition coefficient (Wildman–Crippen LogP) is 3.85. The summed E-state index contributed by atoms with van der Waals surface area (Å²) in [6.45, 7) is 0. The quantitative estimate of drug-likeness (QED) is 0.921. The molecule has 19 heavy (non-hydrogen) atoms. The molecule has 4 heteroatoms. The highest BCUT2D eigenvalue weighted by Gasteiger charge is 2.19. The number of hydrogen-bond acceptors (Lipinski definition) is 3. The molecule has 2 aromatic heterocycles. The third-order valence-electron chi connectivity index (χ3n) is 4.20. The van der Waals surface area contributed by atoms with Crippen LogP contribution in [0.3, 0.4) is 0 Å². The molecule has 0 bridgehead atoms. The lowest BCUT2D eigenvalue weighted by atomic mass is 9.99. The number of thiophene rings is 1. The van der Waals surface area contributed by atoms with Crippen molar-refractivity contribution in [3.63, 3.8) is 0 Å². The van der Waals surface area contributed by atoms with Crippen molar-refractivity contribution in [2.24, 2.45) is 13.0 Å². The molecule has 1 fully saturated rings. The van der Waals surface area contributed by atoms with Gasteiger partial charge in [0.25, 0.3) is 0 Å². The molecule has 102 valence electrons. The van der Waals surface area contributed by atoms with E-state index in [-0.39, 0.29) is 0 Å². The van der Waals surface area contributed by atoms with Gasteiger partial charge < -0.3 is 5.73 Å². The van der Waals surface area contributed by atoms with Crippen LogP contribution < -0.4 is 5.73 Å². The molecular weight excluding hydrogens is 254 g/mol. The number of hydrogen-bond donors (Lipinski definition) is 1. The topological polar surface area (TPSA) is 43.8 Å². The summed E-state index contributed by atoms with van der Waals surface area (Å²) in [7, 11) is 1.94. The van der Waals surface area contributed by atoms with Gasteiger partial charge in [-0.1, -0.05) is 31.7 Å². The average Bonchev–Trinajstić information content (AvgIpc) is 3.11. The molecule has 1 aliphatic rings. The van der Waals surface area contributed by atoms with Crippen LogP contribution in [0.4, 0.5) is 5.82 Å². The average molecular weight is 275 g/mol. The Morgan fingerprint density at radius 3 is 2.89 bits per heavy atom. The molecule has 0 spiro atoms. The third-order valence-corrected chi connectivity index (χ3v) is 5.08. The van der Waals surface area contributed by atoms with Crippen molar-refractivity contribution in [1.82, 2.24) is 9.78 Å². The summed E-state index contributed by atoms with van der Waals surface area (Å²) < 4.78 is 1.82.